The first-order valence-electron chi connectivity index (χ1n) is 7.89. The number of hydrogen-bond donors (Lipinski definition) is 2. The average molecular weight is 313 g/mol. The van der Waals surface area contributed by atoms with Gasteiger partial charge in [0.15, 0.2) is 5.96 Å². The van der Waals surface area contributed by atoms with Crippen LogP contribution in [0.1, 0.15) is 44.5 Å². The van der Waals surface area contributed by atoms with Crippen molar-refractivity contribution in [3.63, 3.8) is 0 Å². The molecular formula is C15H25F2N5. The molecule has 0 bridgehead atoms. The van der Waals surface area contributed by atoms with Gasteiger partial charge in [-0.15, -0.1) is 0 Å². The molecule has 0 aromatic carbocycles. The Labute approximate surface area is 130 Å². The van der Waals surface area contributed by atoms with Gasteiger partial charge < -0.3 is 10.6 Å². The highest BCUT2D eigenvalue weighted by molar-refractivity contribution is 5.80. The number of aryl methyl sites for hydroxylation is 1. The van der Waals surface area contributed by atoms with Gasteiger partial charge in [-0.2, -0.15) is 5.10 Å². The summed E-state index contributed by atoms with van der Waals surface area (Å²) in [6.07, 6.45) is 2.40. The molecule has 0 fully saturated rings. The van der Waals surface area contributed by atoms with Crippen molar-refractivity contribution in [1.82, 2.24) is 20.4 Å². The minimum atomic E-state index is -2.42. The third-order valence-electron chi connectivity index (χ3n) is 3.70. The van der Waals surface area contributed by atoms with E-state index in [1.807, 2.05) is 11.6 Å². The van der Waals surface area contributed by atoms with Crippen molar-refractivity contribution >= 4 is 5.96 Å². The summed E-state index contributed by atoms with van der Waals surface area (Å²) >= 11 is 0. The smallest absolute Gasteiger partial charge is 0.257 e. The highest BCUT2D eigenvalue weighted by atomic mass is 19.3. The van der Waals surface area contributed by atoms with Gasteiger partial charge in [-0.3, -0.25) is 4.68 Å². The van der Waals surface area contributed by atoms with Crippen molar-refractivity contribution in [2.45, 2.75) is 58.5 Å². The Balaban J connectivity index is 1.99. The number of nitrogens with one attached hydrogen (secondary N) is 2. The van der Waals surface area contributed by atoms with Gasteiger partial charge in [0, 0.05) is 31.2 Å². The van der Waals surface area contributed by atoms with E-state index in [-0.39, 0.29) is 6.04 Å². The van der Waals surface area contributed by atoms with Crippen LogP contribution in [0.25, 0.3) is 0 Å². The molecule has 22 heavy (non-hydrogen) atoms. The Bertz CT molecular complexity index is 510. The quantitative estimate of drug-likeness (QED) is 0.647. The van der Waals surface area contributed by atoms with Crippen LogP contribution in [-0.4, -0.2) is 41.3 Å². The van der Waals surface area contributed by atoms with Gasteiger partial charge in [-0.1, -0.05) is 0 Å². The molecule has 2 N–H and O–H groups in total. The number of aliphatic imine (C=N–C) groups is 1. The van der Waals surface area contributed by atoms with Crippen LogP contribution < -0.4 is 10.6 Å². The monoisotopic (exact) mass is 313 g/mol. The second-order valence-corrected chi connectivity index (χ2v) is 5.87. The summed E-state index contributed by atoms with van der Waals surface area (Å²) in [5, 5.41) is 10.9. The van der Waals surface area contributed by atoms with Crippen LogP contribution in [0.15, 0.2) is 11.2 Å². The summed E-state index contributed by atoms with van der Waals surface area (Å²) in [4.78, 5) is 3.92. The maximum absolute atomic E-state index is 12.3. The van der Waals surface area contributed by atoms with Crippen LogP contribution in [0, 0.1) is 0 Å². The second-order valence-electron chi connectivity index (χ2n) is 5.87. The van der Waals surface area contributed by atoms with E-state index >= 15 is 0 Å². The Kier molecular flexibility index (Phi) is 5.74. The van der Waals surface area contributed by atoms with Crippen LogP contribution in [0.3, 0.4) is 0 Å². The molecule has 0 radical (unpaired) electrons. The molecule has 1 unspecified atom stereocenters. The molecule has 0 amide bonds. The van der Waals surface area contributed by atoms with Crippen molar-refractivity contribution in [3.8, 4) is 0 Å². The molecule has 1 aromatic rings. The fourth-order valence-electron chi connectivity index (χ4n) is 2.57. The van der Waals surface area contributed by atoms with Crippen molar-refractivity contribution in [1.29, 1.82) is 0 Å². The molecule has 0 saturated heterocycles. The van der Waals surface area contributed by atoms with Gasteiger partial charge in [0.1, 0.15) is 6.54 Å². The highest BCUT2D eigenvalue weighted by Gasteiger charge is 2.23. The van der Waals surface area contributed by atoms with Crippen molar-refractivity contribution in [3.05, 3.63) is 17.5 Å². The Morgan fingerprint density at radius 3 is 2.91 bits per heavy atom. The van der Waals surface area contributed by atoms with E-state index in [1.165, 1.54) is 5.56 Å². The molecular weight excluding hydrogens is 288 g/mol. The molecule has 7 heteroatoms. The number of rotatable bonds is 5. The first-order chi connectivity index (χ1) is 10.5. The third-order valence-corrected chi connectivity index (χ3v) is 3.70. The molecule has 0 spiro atoms. The zero-order chi connectivity index (χ0) is 16.1. The zero-order valence-electron chi connectivity index (χ0n) is 13.4. The van der Waals surface area contributed by atoms with E-state index < -0.39 is 13.0 Å². The number of alkyl halides is 2. The van der Waals surface area contributed by atoms with Gasteiger partial charge in [-0.05, 0) is 39.2 Å². The Hall–Kier alpha value is -1.66. The summed E-state index contributed by atoms with van der Waals surface area (Å²) in [6, 6.07) is 0.528. The van der Waals surface area contributed by atoms with E-state index in [9.17, 15) is 8.78 Å². The summed E-state index contributed by atoms with van der Waals surface area (Å²) in [5.74, 6) is 0.458. The largest absolute Gasteiger partial charge is 0.357 e. The van der Waals surface area contributed by atoms with Crippen LogP contribution in [-0.2, 0) is 12.8 Å². The lowest BCUT2D eigenvalue weighted by Gasteiger charge is -2.24. The van der Waals surface area contributed by atoms with Crippen LogP contribution in [0.5, 0.6) is 0 Å². The molecule has 1 heterocycles. The minimum absolute atomic E-state index is 0.179. The number of hydrogen-bond acceptors (Lipinski definition) is 2. The summed E-state index contributed by atoms with van der Waals surface area (Å²) in [7, 11) is 0. The van der Waals surface area contributed by atoms with Gasteiger partial charge in [0.05, 0.1) is 5.69 Å². The van der Waals surface area contributed by atoms with Gasteiger partial charge >= 0.3 is 0 Å². The maximum Gasteiger partial charge on any atom is 0.257 e. The van der Waals surface area contributed by atoms with Crippen LogP contribution in [0.4, 0.5) is 8.78 Å². The van der Waals surface area contributed by atoms with Crippen molar-refractivity contribution in [2.24, 2.45) is 4.99 Å². The van der Waals surface area contributed by atoms with E-state index in [2.05, 4.69) is 40.8 Å². The summed E-state index contributed by atoms with van der Waals surface area (Å²) < 4.78 is 26.6. The molecule has 5 nitrogen and oxygen atoms in total. The predicted octanol–water partition coefficient (Wildman–Crippen LogP) is 2.14. The lowest BCUT2D eigenvalue weighted by molar-refractivity contribution is 0.158. The van der Waals surface area contributed by atoms with Gasteiger partial charge in [0.25, 0.3) is 6.43 Å². The van der Waals surface area contributed by atoms with E-state index in [1.54, 1.807) is 0 Å². The summed E-state index contributed by atoms with van der Waals surface area (Å²) in [5.41, 5.74) is 2.39. The number of guanidine groups is 1. The van der Waals surface area contributed by atoms with Gasteiger partial charge in [-0.25, -0.2) is 13.8 Å². The highest BCUT2D eigenvalue weighted by Crippen LogP contribution is 2.21. The molecule has 2 rings (SSSR count). The minimum Gasteiger partial charge on any atom is -0.357 e. The first kappa shape index (κ1) is 16.7. The second kappa shape index (κ2) is 7.56. The zero-order valence-corrected chi connectivity index (χ0v) is 13.4. The number of nitrogens with zero attached hydrogens (tertiary/aromatic N) is 3. The maximum atomic E-state index is 12.3. The third kappa shape index (κ3) is 4.42. The molecule has 0 saturated carbocycles. The van der Waals surface area contributed by atoms with E-state index in [4.69, 9.17) is 0 Å². The SMILES string of the molecule is CCNC(=NCC(F)F)NC1CCc2cn(C(C)C)nc2C1. The average Bonchev–Trinajstić information content (AvgIpc) is 2.88. The predicted molar refractivity (Wildman–Crippen MR) is 83.5 cm³/mol. The normalized spacial score (nSPS) is 18.7. The Morgan fingerprint density at radius 2 is 2.27 bits per heavy atom. The number of aromatic nitrogens is 2. The molecule has 1 aliphatic carbocycles. The van der Waals surface area contributed by atoms with Gasteiger partial charge in [0.2, 0.25) is 0 Å². The summed E-state index contributed by atoms with van der Waals surface area (Å²) in [6.45, 7) is 6.30. The van der Waals surface area contributed by atoms with E-state index in [0.29, 0.717) is 18.5 Å². The lowest BCUT2D eigenvalue weighted by Crippen LogP contribution is -2.45. The molecule has 1 atom stereocenters. The number of fused-ring (bicyclic) bond motifs is 1. The molecule has 124 valence electrons. The topological polar surface area (TPSA) is 54.2 Å². The fourth-order valence-corrected chi connectivity index (χ4v) is 2.57. The first-order valence-corrected chi connectivity index (χ1v) is 7.89. The number of halogens is 2. The molecule has 0 aliphatic heterocycles. The van der Waals surface area contributed by atoms with Crippen molar-refractivity contribution < 1.29 is 8.78 Å². The fraction of sp³-hybridized carbons (Fsp3) is 0.733. The molecule has 1 aliphatic rings. The van der Waals surface area contributed by atoms with Crippen molar-refractivity contribution in [2.75, 3.05) is 13.1 Å². The van der Waals surface area contributed by atoms with Crippen LogP contribution in [0.2, 0.25) is 0 Å². The standard InChI is InChI=1S/C15H25F2N5/c1-4-18-15(19-8-14(16)17)20-12-6-5-11-9-22(10(2)3)21-13(11)7-12/h9-10,12,14H,4-8H2,1-3H3,(H2,18,19,20). The Morgan fingerprint density at radius 1 is 1.50 bits per heavy atom. The molecule has 1 aromatic heterocycles. The van der Waals surface area contributed by atoms with Crippen LogP contribution >= 0.6 is 0 Å². The lowest BCUT2D eigenvalue weighted by atomic mass is 9.94. The van der Waals surface area contributed by atoms with E-state index in [0.717, 1.165) is 25.0 Å².